The summed E-state index contributed by atoms with van der Waals surface area (Å²) in [6.07, 6.45) is 3.35. The number of likely N-dealkylation sites (tertiary alicyclic amines) is 1. The van der Waals surface area contributed by atoms with E-state index >= 15 is 4.79 Å². The molecule has 4 aromatic carbocycles. The van der Waals surface area contributed by atoms with E-state index in [-0.39, 0.29) is 43.9 Å². The molecular formula is C49H50ClN5O7S. The van der Waals surface area contributed by atoms with Crippen molar-refractivity contribution in [1.82, 2.24) is 26.3 Å². The van der Waals surface area contributed by atoms with Crippen LogP contribution in [0.5, 0.6) is 0 Å². The Bertz CT molecular complexity index is 2530. The summed E-state index contributed by atoms with van der Waals surface area (Å²) in [5, 5.41) is 12.6. The molecule has 4 aliphatic rings. The molecule has 63 heavy (non-hydrogen) atoms. The van der Waals surface area contributed by atoms with Crippen LogP contribution < -0.4 is 21.4 Å². The van der Waals surface area contributed by atoms with Gasteiger partial charge in [-0.2, -0.15) is 0 Å². The number of hydrogen-bond acceptors (Lipinski definition) is 9. The molecule has 3 heterocycles. The van der Waals surface area contributed by atoms with Crippen molar-refractivity contribution in [3.05, 3.63) is 136 Å². The molecule has 14 heteroatoms. The minimum atomic E-state index is -1.13. The number of alkyl carbamates (subject to hydrolysis) is 1. The highest BCUT2D eigenvalue weighted by Crippen LogP contribution is 2.45. The standard InChI is InChI=1S/C49H50ClN5O7S/c1-3-11-39(44(60-2)46(57)51-32-20-21-32)52-45(56)42-25-49(24-41(54-62-49)29-12-10-13-31(50)22-29)28-55(42)47(58)40(23-30-27-63-43-19-9-8-14-33(30)43)53-48(59)61-26-38-36-17-6-4-15-34(36)35-16-5-7-18-37(35)38/h4-10,12-19,22,24,27,32,38-40,42,44,54H,3,11,20-21,23,25-26,28H2,1-2H3,(H,51,57)(H,52,56)(H,53,59)/t39-,40+,42+,44?,49-/m1/s1. The van der Waals surface area contributed by atoms with E-state index in [0.717, 1.165) is 56.3 Å². The van der Waals surface area contributed by atoms with Crippen molar-refractivity contribution < 1.29 is 33.5 Å². The molecule has 0 radical (unpaired) electrons. The third-order valence-corrected chi connectivity index (χ3v) is 13.7. The van der Waals surface area contributed by atoms with E-state index in [1.54, 1.807) is 23.5 Å². The fourth-order valence-corrected chi connectivity index (χ4v) is 10.4. The molecule has 1 spiro atoms. The van der Waals surface area contributed by atoms with Crippen LogP contribution in [0.3, 0.4) is 0 Å². The van der Waals surface area contributed by atoms with Crippen LogP contribution in [-0.2, 0) is 35.1 Å². The van der Waals surface area contributed by atoms with Gasteiger partial charge in [-0.1, -0.05) is 104 Å². The van der Waals surface area contributed by atoms with Gasteiger partial charge in [-0.05, 0) is 82.1 Å². The Labute approximate surface area is 375 Å². The second-order valence-electron chi connectivity index (χ2n) is 16.8. The number of ether oxygens (including phenoxy) is 2. The fraction of sp³-hybridized carbons (Fsp3) is 0.347. The number of hydrogen-bond donors (Lipinski definition) is 4. The fourth-order valence-electron chi connectivity index (χ4n) is 9.27. The van der Waals surface area contributed by atoms with E-state index in [2.05, 4.69) is 45.7 Å². The molecule has 5 atom stereocenters. The van der Waals surface area contributed by atoms with E-state index in [9.17, 15) is 14.4 Å². The number of halogens is 1. The van der Waals surface area contributed by atoms with Gasteiger partial charge < -0.3 is 30.3 Å². The Kier molecular flexibility index (Phi) is 12.3. The predicted molar refractivity (Wildman–Crippen MR) is 243 cm³/mol. The number of nitrogens with zero attached hydrogens (tertiary/aromatic N) is 1. The zero-order valence-corrected chi connectivity index (χ0v) is 36.7. The summed E-state index contributed by atoms with van der Waals surface area (Å²) >= 11 is 7.92. The van der Waals surface area contributed by atoms with Gasteiger partial charge in [0.1, 0.15) is 24.3 Å². The Hall–Kier alpha value is -5.73. The first kappa shape index (κ1) is 42.6. The molecule has 1 saturated heterocycles. The van der Waals surface area contributed by atoms with Crippen LogP contribution in [0.15, 0.2) is 109 Å². The number of amides is 4. The normalized spacial score (nSPS) is 20.3. The minimum Gasteiger partial charge on any atom is -0.449 e. The molecule has 1 saturated carbocycles. The van der Waals surface area contributed by atoms with Crippen molar-refractivity contribution in [3.8, 4) is 11.1 Å². The Morgan fingerprint density at radius 3 is 2.40 bits per heavy atom. The number of carbonyl (C=O) groups excluding carboxylic acids is 4. The van der Waals surface area contributed by atoms with Crippen LogP contribution in [-0.4, -0.2) is 84.8 Å². The lowest BCUT2D eigenvalue weighted by atomic mass is 9.97. The van der Waals surface area contributed by atoms with Crippen LogP contribution in [0.2, 0.25) is 5.02 Å². The summed E-state index contributed by atoms with van der Waals surface area (Å²) in [5.41, 5.74) is 8.53. The first-order valence-electron chi connectivity index (χ1n) is 21.6. The van der Waals surface area contributed by atoms with Crippen molar-refractivity contribution in [2.24, 2.45) is 0 Å². The summed E-state index contributed by atoms with van der Waals surface area (Å²) in [7, 11) is 1.46. The number of rotatable bonds is 15. The number of fused-ring (bicyclic) bond motifs is 4. The summed E-state index contributed by atoms with van der Waals surface area (Å²) in [6, 6.07) is 28.7. The molecular weight excluding hydrogens is 838 g/mol. The summed E-state index contributed by atoms with van der Waals surface area (Å²) in [6.45, 7) is 2.02. The third-order valence-electron chi connectivity index (χ3n) is 12.5. The number of thiophene rings is 1. The van der Waals surface area contributed by atoms with Crippen molar-refractivity contribution >= 4 is 62.5 Å². The minimum absolute atomic E-state index is 0.0114. The lowest BCUT2D eigenvalue weighted by Crippen LogP contribution is -2.58. The number of hydroxylamine groups is 1. The highest BCUT2D eigenvalue weighted by molar-refractivity contribution is 7.17. The van der Waals surface area contributed by atoms with Crippen LogP contribution in [0, 0.1) is 0 Å². The molecule has 1 unspecified atom stereocenters. The lowest BCUT2D eigenvalue weighted by molar-refractivity contribution is -0.142. The molecule has 4 amide bonds. The summed E-state index contributed by atoms with van der Waals surface area (Å²) in [5.74, 6) is -1.42. The van der Waals surface area contributed by atoms with Crippen molar-refractivity contribution in [2.45, 2.75) is 87.2 Å². The molecule has 2 aliphatic heterocycles. The third kappa shape index (κ3) is 8.92. The van der Waals surface area contributed by atoms with Crippen LogP contribution in [0.25, 0.3) is 26.9 Å². The van der Waals surface area contributed by atoms with Crippen LogP contribution >= 0.6 is 22.9 Å². The van der Waals surface area contributed by atoms with Gasteiger partial charge >= 0.3 is 6.09 Å². The molecule has 5 aromatic rings. The van der Waals surface area contributed by atoms with Crippen molar-refractivity contribution in [3.63, 3.8) is 0 Å². The summed E-state index contributed by atoms with van der Waals surface area (Å²) in [4.78, 5) is 65.2. The molecule has 2 aliphatic carbocycles. The zero-order chi connectivity index (χ0) is 43.7. The van der Waals surface area contributed by atoms with E-state index in [1.165, 1.54) is 12.0 Å². The van der Waals surface area contributed by atoms with Gasteiger partial charge in [0.15, 0.2) is 6.10 Å². The molecule has 326 valence electrons. The SMILES string of the molecule is CCC[C@@H](NC(=O)[C@@H]1C[C@]2(C=C(c3cccc(Cl)c3)NO2)CN1C(=O)[C@H](Cc1csc2ccccc12)NC(=O)OCC1c2ccccc2-c2ccccc21)C(OC)C(=O)NC1CC1. The molecule has 0 bridgehead atoms. The Balaban J connectivity index is 1.02. The van der Waals surface area contributed by atoms with E-state index in [1.807, 2.05) is 79.0 Å². The maximum atomic E-state index is 15.3. The number of nitrogens with one attached hydrogen (secondary N) is 4. The van der Waals surface area contributed by atoms with Gasteiger partial charge in [0.05, 0.1) is 18.3 Å². The van der Waals surface area contributed by atoms with Crippen molar-refractivity contribution in [1.29, 1.82) is 0 Å². The second kappa shape index (κ2) is 18.2. The number of benzene rings is 4. The molecule has 9 rings (SSSR count). The van der Waals surface area contributed by atoms with Gasteiger partial charge in [-0.3, -0.25) is 24.7 Å². The highest BCUT2D eigenvalue weighted by atomic mass is 35.5. The Morgan fingerprint density at radius 2 is 1.68 bits per heavy atom. The lowest BCUT2D eigenvalue weighted by Gasteiger charge is -2.31. The average Bonchev–Trinajstić information content (AvgIpc) is 3.58. The van der Waals surface area contributed by atoms with Gasteiger partial charge in [0.25, 0.3) is 5.91 Å². The average molecular weight is 888 g/mol. The van der Waals surface area contributed by atoms with Gasteiger partial charge in [0, 0.05) is 47.2 Å². The largest absolute Gasteiger partial charge is 0.449 e. The van der Waals surface area contributed by atoms with Crippen LogP contribution in [0.4, 0.5) is 4.79 Å². The predicted octanol–water partition coefficient (Wildman–Crippen LogP) is 7.50. The quantitative estimate of drug-likeness (QED) is 0.0846. The zero-order valence-electron chi connectivity index (χ0n) is 35.1. The monoisotopic (exact) mass is 887 g/mol. The maximum absolute atomic E-state index is 15.3. The first-order valence-corrected chi connectivity index (χ1v) is 22.8. The molecule has 4 N–H and O–H groups in total. The smallest absolute Gasteiger partial charge is 0.407 e. The van der Waals surface area contributed by atoms with Crippen LogP contribution in [0.1, 0.15) is 67.2 Å². The second-order valence-corrected chi connectivity index (χ2v) is 18.2. The summed E-state index contributed by atoms with van der Waals surface area (Å²) < 4.78 is 12.8. The maximum Gasteiger partial charge on any atom is 0.407 e. The van der Waals surface area contributed by atoms with Gasteiger partial charge in [0.2, 0.25) is 11.8 Å². The topological polar surface area (TPSA) is 147 Å². The molecule has 12 nitrogen and oxygen atoms in total. The number of carbonyl (C=O) groups is 4. The van der Waals surface area contributed by atoms with Crippen molar-refractivity contribution in [2.75, 3.05) is 20.3 Å². The van der Waals surface area contributed by atoms with E-state index in [4.69, 9.17) is 25.9 Å². The Morgan fingerprint density at radius 1 is 0.952 bits per heavy atom. The number of methoxy groups -OCH3 is 1. The first-order chi connectivity index (χ1) is 30.6. The van der Waals surface area contributed by atoms with Gasteiger partial charge in [-0.15, -0.1) is 11.3 Å². The van der Waals surface area contributed by atoms with E-state index in [0.29, 0.717) is 23.6 Å². The molecule has 2 fully saturated rings. The van der Waals surface area contributed by atoms with Gasteiger partial charge in [-0.25, -0.2) is 4.79 Å². The van der Waals surface area contributed by atoms with E-state index < -0.39 is 47.7 Å². The highest BCUT2D eigenvalue weighted by Gasteiger charge is 2.53. The molecule has 1 aromatic heterocycles.